The molecule has 0 bridgehead atoms. The summed E-state index contributed by atoms with van der Waals surface area (Å²) in [6.45, 7) is 0.341. The molecule has 3 amide bonds. The molecular formula is C20H25N5O5. The number of fused-ring (bicyclic) bond motifs is 2. The maximum atomic E-state index is 13.0. The minimum Gasteiger partial charge on any atom is -0.436 e. The second-order valence-electron chi connectivity index (χ2n) is 7.71. The van der Waals surface area contributed by atoms with E-state index >= 15 is 0 Å². The van der Waals surface area contributed by atoms with E-state index in [0.29, 0.717) is 32.2 Å². The normalized spacial score (nSPS) is 32.8. The van der Waals surface area contributed by atoms with Crippen molar-refractivity contribution in [1.29, 1.82) is 5.26 Å². The summed E-state index contributed by atoms with van der Waals surface area (Å²) < 4.78 is 5.04. The van der Waals surface area contributed by atoms with Gasteiger partial charge in [0.2, 0.25) is 5.91 Å². The number of amides is 3. The summed E-state index contributed by atoms with van der Waals surface area (Å²) in [5, 5.41) is 14.4. The highest BCUT2D eigenvalue weighted by Gasteiger charge is 2.63. The molecule has 10 nitrogen and oxygen atoms in total. The molecule has 4 N–H and O–H groups in total. The van der Waals surface area contributed by atoms with E-state index in [2.05, 4.69) is 10.6 Å². The van der Waals surface area contributed by atoms with Crippen molar-refractivity contribution < 1.29 is 23.9 Å². The maximum Gasteiger partial charge on any atom is 0.405 e. The van der Waals surface area contributed by atoms with Gasteiger partial charge in [0.05, 0.1) is 11.5 Å². The molecule has 1 saturated heterocycles. The van der Waals surface area contributed by atoms with Crippen molar-refractivity contribution in [2.75, 3.05) is 6.54 Å². The molecule has 4 atom stereocenters. The van der Waals surface area contributed by atoms with Crippen LogP contribution in [0.5, 0.6) is 0 Å². The Bertz CT molecular complexity index is 843. The molecule has 4 unspecified atom stereocenters. The van der Waals surface area contributed by atoms with Gasteiger partial charge in [-0.1, -0.05) is 18.6 Å². The monoisotopic (exact) mass is 415 g/mol. The predicted octanol–water partition coefficient (Wildman–Crippen LogP) is 0.233. The van der Waals surface area contributed by atoms with Crippen molar-refractivity contribution in [2.24, 2.45) is 11.7 Å². The largest absolute Gasteiger partial charge is 0.436 e. The lowest BCUT2D eigenvalue weighted by atomic mass is 10.1. The van der Waals surface area contributed by atoms with Crippen molar-refractivity contribution >= 4 is 23.8 Å². The third kappa shape index (κ3) is 4.16. The smallest absolute Gasteiger partial charge is 0.405 e. The van der Waals surface area contributed by atoms with Gasteiger partial charge < -0.3 is 20.7 Å². The number of nitrogens with two attached hydrogens (primary N) is 1. The highest BCUT2D eigenvalue weighted by atomic mass is 16.6. The fourth-order valence-corrected chi connectivity index (χ4v) is 4.29. The van der Waals surface area contributed by atoms with E-state index < -0.39 is 41.6 Å². The number of hydrogen-bond donors (Lipinski definition) is 3. The van der Waals surface area contributed by atoms with Gasteiger partial charge in [0, 0.05) is 6.54 Å². The van der Waals surface area contributed by atoms with Crippen LogP contribution in [-0.2, 0) is 19.1 Å². The Hall–Kier alpha value is -3.31. The summed E-state index contributed by atoms with van der Waals surface area (Å²) in [4.78, 5) is 50.1. The summed E-state index contributed by atoms with van der Waals surface area (Å²) in [5.41, 5.74) is 4.07. The zero-order chi connectivity index (χ0) is 21.7. The fourth-order valence-electron chi connectivity index (χ4n) is 4.29. The van der Waals surface area contributed by atoms with Crippen molar-refractivity contribution in [1.82, 2.24) is 15.5 Å². The first-order chi connectivity index (χ1) is 14.4. The van der Waals surface area contributed by atoms with Gasteiger partial charge in [0.15, 0.2) is 18.0 Å². The average molecular weight is 415 g/mol. The van der Waals surface area contributed by atoms with Gasteiger partial charge in [-0.25, -0.2) is 9.59 Å². The van der Waals surface area contributed by atoms with E-state index in [-0.39, 0.29) is 5.57 Å². The van der Waals surface area contributed by atoms with Crippen LogP contribution in [0.3, 0.4) is 0 Å². The van der Waals surface area contributed by atoms with Crippen molar-refractivity contribution in [3.63, 3.8) is 0 Å². The van der Waals surface area contributed by atoms with Gasteiger partial charge in [-0.15, -0.1) is 0 Å². The van der Waals surface area contributed by atoms with Crippen LogP contribution in [0, 0.1) is 17.4 Å². The molecule has 1 saturated carbocycles. The Morgan fingerprint density at radius 2 is 2.10 bits per heavy atom. The molecule has 10 heteroatoms. The molecule has 0 radical (unpaired) electrons. The van der Waals surface area contributed by atoms with Crippen LogP contribution in [0.4, 0.5) is 4.79 Å². The van der Waals surface area contributed by atoms with Crippen LogP contribution in [0.15, 0.2) is 17.7 Å². The third-order valence-corrected chi connectivity index (χ3v) is 5.84. The summed E-state index contributed by atoms with van der Waals surface area (Å²) >= 11 is 0. The quantitative estimate of drug-likeness (QED) is 0.252. The number of nitrogens with zero attached hydrogens (tertiary/aromatic N) is 2. The topological polar surface area (TPSA) is 155 Å². The first-order valence-corrected chi connectivity index (χ1v) is 10.1. The molecule has 1 aliphatic carbocycles. The average Bonchev–Trinajstić information content (AvgIpc) is 3.04. The number of carbonyl (C=O) groups is 3. The zero-order valence-electron chi connectivity index (χ0n) is 16.6. The molecule has 2 heterocycles. The minimum atomic E-state index is -1.31. The third-order valence-electron chi connectivity index (χ3n) is 5.84. The van der Waals surface area contributed by atoms with Gasteiger partial charge in [-0.2, -0.15) is 5.26 Å². The van der Waals surface area contributed by atoms with Crippen LogP contribution in [0.25, 0.3) is 0 Å². The number of allylic oxidation sites excluding steroid dienone is 1. The van der Waals surface area contributed by atoms with Crippen LogP contribution in [0.2, 0.25) is 0 Å². The maximum absolute atomic E-state index is 13.0. The van der Waals surface area contributed by atoms with Crippen molar-refractivity contribution in [3.05, 3.63) is 17.7 Å². The molecule has 0 aromatic heterocycles. The number of primary amides is 1. The minimum absolute atomic E-state index is 0.242. The number of ether oxygens (including phenoxy) is 1. The predicted molar refractivity (Wildman–Crippen MR) is 104 cm³/mol. The SMILES string of the molecule is N#CNC12NC(=O)C3CCCN3C(=O)C(OC(N)=O)CCCCC/C=C/C1C2=C=O. The first-order valence-electron chi connectivity index (χ1n) is 10.1. The lowest BCUT2D eigenvalue weighted by Gasteiger charge is -2.29. The van der Waals surface area contributed by atoms with Crippen LogP contribution in [-0.4, -0.2) is 53.1 Å². The molecular weight excluding hydrogens is 390 g/mol. The molecule has 30 heavy (non-hydrogen) atoms. The van der Waals surface area contributed by atoms with Crippen molar-refractivity contribution in [3.8, 4) is 6.19 Å². The molecule has 2 fully saturated rings. The summed E-state index contributed by atoms with van der Waals surface area (Å²) in [6, 6.07) is -0.794. The molecule has 0 spiro atoms. The van der Waals surface area contributed by atoms with E-state index in [4.69, 9.17) is 15.7 Å². The van der Waals surface area contributed by atoms with Gasteiger partial charge in [-0.05, 0) is 38.5 Å². The summed E-state index contributed by atoms with van der Waals surface area (Å²) in [6.07, 6.45) is 7.79. The number of rotatable bonds is 2. The van der Waals surface area contributed by atoms with Crippen LogP contribution in [0.1, 0.15) is 44.9 Å². The Labute approximate surface area is 174 Å². The van der Waals surface area contributed by atoms with Gasteiger partial charge in [0.25, 0.3) is 5.91 Å². The number of nitriles is 1. The number of hydrogen-bond acceptors (Lipinski definition) is 7. The molecule has 2 aliphatic heterocycles. The number of nitrogens with one attached hydrogen (secondary N) is 2. The van der Waals surface area contributed by atoms with E-state index in [0.717, 1.165) is 19.3 Å². The number of carbonyl (C=O) groups excluding carboxylic acids is 4. The molecule has 0 aromatic carbocycles. The zero-order valence-corrected chi connectivity index (χ0v) is 16.6. The Kier molecular flexibility index (Phi) is 6.43. The Balaban J connectivity index is 1.89. The van der Waals surface area contributed by atoms with Gasteiger partial charge in [0.1, 0.15) is 12.0 Å². The second-order valence-corrected chi connectivity index (χ2v) is 7.71. The standard InChI is InChI=1S/C20H25N5O5/c21-12-23-20-13(14(20)11-26)7-4-2-1-3-5-9-16(30-19(22)29)18(28)25-10-6-8-15(25)17(27)24-20/h4,7,13,15-16,23H,1-3,5-6,8-10H2,(H2,22,29)(H,24,27)/b7-4+. The highest BCUT2D eigenvalue weighted by molar-refractivity contribution is 5.92. The first kappa shape index (κ1) is 21.4. The van der Waals surface area contributed by atoms with E-state index in [1.165, 1.54) is 4.90 Å². The summed E-state index contributed by atoms with van der Waals surface area (Å²) in [5.74, 6) is 0.405. The second kappa shape index (κ2) is 9.01. The summed E-state index contributed by atoms with van der Waals surface area (Å²) in [7, 11) is 0. The highest BCUT2D eigenvalue weighted by Crippen LogP contribution is 2.47. The van der Waals surface area contributed by atoms with Gasteiger partial charge >= 0.3 is 6.09 Å². The molecule has 3 rings (SSSR count). The van der Waals surface area contributed by atoms with Gasteiger partial charge in [-0.3, -0.25) is 14.9 Å². The molecule has 160 valence electrons. The van der Waals surface area contributed by atoms with Crippen LogP contribution >= 0.6 is 0 Å². The Morgan fingerprint density at radius 1 is 1.30 bits per heavy atom. The van der Waals surface area contributed by atoms with Crippen molar-refractivity contribution in [2.45, 2.75) is 62.8 Å². The Morgan fingerprint density at radius 3 is 2.80 bits per heavy atom. The van der Waals surface area contributed by atoms with E-state index in [9.17, 15) is 19.2 Å². The fraction of sp³-hybridized carbons (Fsp3) is 0.600. The lowest BCUT2D eigenvalue weighted by Crippen LogP contribution is -2.56. The lowest BCUT2D eigenvalue weighted by molar-refractivity contribution is -0.145. The molecule has 0 aromatic rings. The molecule has 3 aliphatic rings. The van der Waals surface area contributed by atoms with E-state index in [1.807, 2.05) is 12.0 Å². The van der Waals surface area contributed by atoms with E-state index in [1.54, 1.807) is 12.3 Å². The van der Waals surface area contributed by atoms with Crippen LogP contribution < -0.4 is 16.4 Å².